The molecule has 0 heterocycles. The van der Waals surface area contributed by atoms with Crippen molar-refractivity contribution in [3.05, 3.63) is 65.0 Å². The molecule has 0 fully saturated rings. The van der Waals surface area contributed by atoms with Crippen LogP contribution in [0.3, 0.4) is 0 Å². The molecule has 2 aromatic carbocycles. The monoisotopic (exact) mass is 272 g/mol. The van der Waals surface area contributed by atoms with Gasteiger partial charge in [0.05, 0.1) is 0 Å². The van der Waals surface area contributed by atoms with Crippen LogP contribution in [-0.4, -0.2) is 7.05 Å². The fourth-order valence-corrected chi connectivity index (χ4v) is 2.28. The number of nitrogens with two attached hydrogens (primary N) is 1. The van der Waals surface area contributed by atoms with Crippen molar-refractivity contribution in [1.82, 2.24) is 0 Å². The van der Waals surface area contributed by atoms with E-state index in [1.54, 1.807) is 6.07 Å². The number of halogens is 1. The van der Waals surface area contributed by atoms with Gasteiger partial charge in [-0.25, -0.2) is 4.39 Å². The molecule has 0 aliphatic heterocycles. The second-order valence-corrected chi connectivity index (χ2v) is 5.05. The number of hydrogen-bond donors (Lipinski definition) is 1. The quantitative estimate of drug-likeness (QED) is 0.903. The molecule has 0 unspecified atom stereocenters. The molecule has 0 amide bonds. The summed E-state index contributed by atoms with van der Waals surface area (Å²) in [5.41, 5.74) is 9.79. The third kappa shape index (κ3) is 3.58. The summed E-state index contributed by atoms with van der Waals surface area (Å²) in [5, 5.41) is 0. The van der Waals surface area contributed by atoms with Crippen LogP contribution in [0.15, 0.2) is 42.5 Å². The molecule has 0 aliphatic carbocycles. The van der Waals surface area contributed by atoms with Gasteiger partial charge in [-0.2, -0.15) is 0 Å². The van der Waals surface area contributed by atoms with Crippen LogP contribution < -0.4 is 10.6 Å². The fourth-order valence-electron chi connectivity index (χ4n) is 2.28. The Balaban J connectivity index is 2.13. The van der Waals surface area contributed by atoms with Crippen LogP contribution in [0.1, 0.15) is 23.6 Å². The van der Waals surface area contributed by atoms with E-state index in [0.717, 1.165) is 23.2 Å². The number of aryl methyl sites for hydroxylation is 1. The van der Waals surface area contributed by atoms with Crippen LogP contribution in [0, 0.1) is 5.82 Å². The molecule has 0 aliphatic rings. The van der Waals surface area contributed by atoms with Crippen LogP contribution in [0.2, 0.25) is 0 Å². The number of rotatable bonds is 5. The average molecular weight is 272 g/mol. The molecule has 2 nitrogen and oxygen atoms in total. The van der Waals surface area contributed by atoms with E-state index in [4.69, 9.17) is 5.73 Å². The Bertz CT molecular complexity index is 564. The zero-order valence-corrected chi connectivity index (χ0v) is 12.1. The lowest BCUT2D eigenvalue weighted by atomic mass is 10.1. The van der Waals surface area contributed by atoms with Gasteiger partial charge < -0.3 is 10.6 Å². The molecule has 0 bridgehead atoms. The van der Waals surface area contributed by atoms with Crippen LogP contribution in [0.5, 0.6) is 0 Å². The fraction of sp³-hybridized carbons (Fsp3) is 0.294. The predicted octanol–water partition coefficient (Wildman–Crippen LogP) is 3.48. The van der Waals surface area contributed by atoms with Crippen LogP contribution in [0.25, 0.3) is 0 Å². The summed E-state index contributed by atoms with van der Waals surface area (Å²) in [6.07, 6.45) is 1.04. The first-order chi connectivity index (χ1) is 9.62. The minimum atomic E-state index is -0.224. The SMILES string of the molecule is CCc1ccc(N(C)Cc2cc(F)cc(CN)c2)cc1. The van der Waals surface area contributed by atoms with Gasteiger partial charge in [-0.15, -0.1) is 0 Å². The first kappa shape index (κ1) is 14.5. The largest absolute Gasteiger partial charge is 0.370 e. The van der Waals surface area contributed by atoms with Gasteiger partial charge in [0.25, 0.3) is 0 Å². The van der Waals surface area contributed by atoms with Crippen molar-refractivity contribution in [3.63, 3.8) is 0 Å². The number of hydrogen-bond acceptors (Lipinski definition) is 2. The van der Waals surface area contributed by atoms with Gasteiger partial charge in [-0.3, -0.25) is 0 Å². The first-order valence-electron chi connectivity index (χ1n) is 6.91. The smallest absolute Gasteiger partial charge is 0.123 e. The molecular formula is C17H21FN2. The number of benzene rings is 2. The Morgan fingerprint density at radius 1 is 1.00 bits per heavy atom. The second kappa shape index (κ2) is 6.53. The van der Waals surface area contributed by atoms with Gasteiger partial charge in [0.1, 0.15) is 5.82 Å². The molecular weight excluding hydrogens is 251 g/mol. The molecule has 2 aromatic rings. The van der Waals surface area contributed by atoms with Crippen LogP contribution >= 0.6 is 0 Å². The van der Waals surface area contributed by atoms with Crippen molar-refractivity contribution in [1.29, 1.82) is 0 Å². The molecule has 0 atom stereocenters. The Hall–Kier alpha value is -1.87. The summed E-state index contributed by atoms with van der Waals surface area (Å²) in [6.45, 7) is 3.16. The molecule has 0 spiro atoms. The van der Waals surface area contributed by atoms with Gasteiger partial charge in [0.15, 0.2) is 0 Å². The van der Waals surface area contributed by atoms with E-state index in [2.05, 4.69) is 36.1 Å². The summed E-state index contributed by atoms with van der Waals surface area (Å²) in [7, 11) is 2.01. The average Bonchev–Trinajstić information content (AvgIpc) is 2.46. The van der Waals surface area contributed by atoms with E-state index in [-0.39, 0.29) is 5.82 Å². The molecule has 0 radical (unpaired) electrons. The molecule has 0 aromatic heterocycles. The third-order valence-electron chi connectivity index (χ3n) is 3.46. The minimum Gasteiger partial charge on any atom is -0.370 e. The lowest BCUT2D eigenvalue weighted by Crippen LogP contribution is -2.16. The predicted molar refractivity (Wildman–Crippen MR) is 82.2 cm³/mol. The van der Waals surface area contributed by atoms with Crippen molar-refractivity contribution < 1.29 is 4.39 Å². The highest BCUT2D eigenvalue weighted by Crippen LogP contribution is 2.18. The molecule has 2 N–H and O–H groups in total. The summed E-state index contributed by atoms with van der Waals surface area (Å²) >= 11 is 0. The highest BCUT2D eigenvalue weighted by molar-refractivity contribution is 5.47. The zero-order chi connectivity index (χ0) is 14.5. The first-order valence-corrected chi connectivity index (χ1v) is 6.91. The van der Waals surface area contributed by atoms with Gasteiger partial charge in [-0.05, 0) is 47.4 Å². The summed E-state index contributed by atoms with van der Waals surface area (Å²) in [6, 6.07) is 13.5. The van der Waals surface area contributed by atoms with Crippen molar-refractivity contribution in [3.8, 4) is 0 Å². The van der Waals surface area contributed by atoms with Crippen molar-refractivity contribution in [2.24, 2.45) is 5.73 Å². The maximum atomic E-state index is 13.5. The second-order valence-electron chi connectivity index (χ2n) is 5.05. The lowest BCUT2D eigenvalue weighted by Gasteiger charge is -2.20. The Labute approximate surface area is 120 Å². The van der Waals surface area contributed by atoms with Crippen LogP contribution in [-0.2, 0) is 19.5 Å². The van der Waals surface area contributed by atoms with Crippen molar-refractivity contribution in [2.45, 2.75) is 26.4 Å². The van der Waals surface area contributed by atoms with E-state index in [1.807, 2.05) is 13.1 Å². The van der Waals surface area contributed by atoms with E-state index < -0.39 is 0 Å². The third-order valence-corrected chi connectivity index (χ3v) is 3.46. The molecule has 20 heavy (non-hydrogen) atoms. The van der Waals surface area contributed by atoms with Gasteiger partial charge in [0, 0.05) is 25.8 Å². The normalized spacial score (nSPS) is 10.6. The van der Waals surface area contributed by atoms with E-state index in [9.17, 15) is 4.39 Å². The number of nitrogens with zero attached hydrogens (tertiary/aromatic N) is 1. The van der Waals surface area contributed by atoms with E-state index in [0.29, 0.717) is 13.1 Å². The maximum Gasteiger partial charge on any atom is 0.123 e. The maximum absolute atomic E-state index is 13.5. The van der Waals surface area contributed by atoms with Crippen LogP contribution in [0.4, 0.5) is 10.1 Å². The van der Waals surface area contributed by atoms with Gasteiger partial charge in [0.2, 0.25) is 0 Å². The highest BCUT2D eigenvalue weighted by atomic mass is 19.1. The summed E-state index contributed by atoms with van der Waals surface area (Å²) in [4.78, 5) is 2.11. The Morgan fingerprint density at radius 2 is 1.65 bits per heavy atom. The zero-order valence-electron chi connectivity index (χ0n) is 12.1. The summed E-state index contributed by atoms with van der Waals surface area (Å²) < 4.78 is 13.5. The Morgan fingerprint density at radius 3 is 2.25 bits per heavy atom. The topological polar surface area (TPSA) is 29.3 Å². The molecule has 0 saturated carbocycles. The van der Waals surface area contributed by atoms with Gasteiger partial charge >= 0.3 is 0 Å². The summed E-state index contributed by atoms with van der Waals surface area (Å²) in [5.74, 6) is -0.224. The lowest BCUT2D eigenvalue weighted by molar-refractivity contribution is 0.622. The van der Waals surface area contributed by atoms with E-state index in [1.165, 1.54) is 11.6 Å². The molecule has 106 valence electrons. The Kier molecular flexibility index (Phi) is 4.74. The minimum absolute atomic E-state index is 0.224. The van der Waals surface area contributed by atoms with Crippen molar-refractivity contribution in [2.75, 3.05) is 11.9 Å². The standard InChI is InChI=1S/C17H21FN2/c1-3-13-4-6-17(7-5-13)20(2)12-15-8-14(11-19)9-16(18)10-15/h4-10H,3,11-12,19H2,1-2H3. The highest BCUT2D eigenvalue weighted by Gasteiger charge is 2.05. The molecule has 0 saturated heterocycles. The van der Waals surface area contributed by atoms with Crippen molar-refractivity contribution >= 4 is 5.69 Å². The van der Waals surface area contributed by atoms with E-state index >= 15 is 0 Å². The molecule has 3 heteroatoms. The number of anilines is 1. The molecule has 2 rings (SSSR count). The van der Waals surface area contributed by atoms with Gasteiger partial charge in [-0.1, -0.05) is 25.1 Å².